The molecule has 31 heavy (non-hydrogen) atoms. The highest BCUT2D eigenvalue weighted by molar-refractivity contribution is 5.94. The van der Waals surface area contributed by atoms with Crippen molar-refractivity contribution >= 4 is 41.8 Å². The van der Waals surface area contributed by atoms with Crippen LogP contribution in [-0.2, 0) is 14.1 Å². The Hall–Kier alpha value is -2.68. The van der Waals surface area contributed by atoms with Crippen molar-refractivity contribution in [2.24, 2.45) is 19.8 Å². The van der Waals surface area contributed by atoms with Gasteiger partial charge < -0.3 is 11.1 Å². The van der Waals surface area contributed by atoms with E-state index in [-0.39, 0.29) is 54.1 Å². The van der Waals surface area contributed by atoms with Crippen molar-refractivity contribution in [1.29, 1.82) is 0 Å². The third kappa shape index (κ3) is 5.33. The van der Waals surface area contributed by atoms with E-state index in [0.717, 1.165) is 10.1 Å². The van der Waals surface area contributed by atoms with Gasteiger partial charge in [0.2, 0.25) is 0 Å². The van der Waals surface area contributed by atoms with E-state index in [1.165, 1.54) is 36.4 Å². The molecule has 8 nitrogen and oxygen atoms in total. The minimum Gasteiger partial charge on any atom is -0.349 e. The number of pyridine rings is 1. The van der Waals surface area contributed by atoms with Gasteiger partial charge in [0.25, 0.3) is 11.5 Å². The van der Waals surface area contributed by atoms with Crippen LogP contribution in [0.3, 0.4) is 0 Å². The van der Waals surface area contributed by atoms with E-state index in [1.54, 1.807) is 0 Å². The molecule has 0 saturated heterocycles. The lowest BCUT2D eigenvalue weighted by Gasteiger charge is -2.15. The van der Waals surface area contributed by atoms with E-state index >= 15 is 0 Å². The van der Waals surface area contributed by atoms with Crippen molar-refractivity contribution in [3.63, 3.8) is 0 Å². The third-order valence-corrected chi connectivity index (χ3v) is 5.05. The molecule has 0 aliphatic heterocycles. The summed E-state index contributed by atoms with van der Waals surface area (Å²) in [6.45, 7) is 4.48. The average Bonchev–Trinajstić information content (AvgIpc) is 2.73. The number of amides is 1. The Kier molecular flexibility index (Phi) is 8.98. The van der Waals surface area contributed by atoms with E-state index in [2.05, 4.69) is 24.1 Å². The van der Waals surface area contributed by atoms with Gasteiger partial charge in [-0.3, -0.25) is 18.7 Å². The number of aryl methyl sites for hydroxylation is 1. The summed E-state index contributed by atoms with van der Waals surface area (Å²) < 4.78 is 2.25. The summed E-state index contributed by atoms with van der Waals surface area (Å²) in [5.74, 6) is 0.0148. The van der Waals surface area contributed by atoms with Crippen LogP contribution >= 0.6 is 24.8 Å². The quantitative estimate of drug-likeness (QED) is 0.595. The standard InChI is InChI=1S/C21H25N5O3.2ClH/c1-12(2)13-5-7-14(8-6-13)16(22)11-23-19(27)17-10-9-15-18(24-17)25(3)21(29)26(4)20(15)28;;/h5-10,12,16H,11,22H2,1-4H3,(H,23,27);2*1H. The van der Waals surface area contributed by atoms with Crippen LogP contribution in [0.15, 0.2) is 46.0 Å². The van der Waals surface area contributed by atoms with Crippen molar-refractivity contribution in [3.05, 3.63) is 74.1 Å². The number of hydrogen-bond acceptors (Lipinski definition) is 5. The molecule has 0 bridgehead atoms. The number of rotatable bonds is 5. The third-order valence-electron chi connectivity index (χ3n) is 5.05. The Labute approximate surface area is 192 Å². The van der Waals surface area contributed by atoms with E-state index in [0.29, 0.717) is 5.92 Å². The predicted octanol–water partition coefficient (Wildman–Crippen LogP) is 2.03. The van der Waals surface area contributed by atoms with Crippen LogP contribution in [0.1, 0.15) is 47.4 Å². The molecule has 1 aromatic carbocycles. The molecule has 0 aliphatic carbocycles. The molecule has 1 unspecified atom stereocenters. The van der Waals surface area contributed by atoms with Crippen LogP contribution < -0.4 is 22.3 Å². The summed E-state index contributed by atoms with van der Waals surface area (Å²) in [7, 11) is 2.91. The maximum atomic E-state index is 12.5. The summed E-state index contributed by atoms with van der Waals surface area (Å²) in [6, 6.07) is 10.6. The number of nitrogens with two attached hydrogens (primary N) is 1. The van der Waals surface area contributed by atoms with Crippen molar-refractivity contribution in [2.75, 3.05) is 6.54 Å². The Morgan fingerprint density at radius 1 is 1.00 bits per heavy atom. The second kappa shape index (κ2) is 10.6. The number of benzene rings is 1. The molecule has 2 heterocycles. The first kappa shape index (κ1) is 26.4. The molecule has 0 spiro atoms. The van der Waals surface area contributed by atoms with Crippen molar-refractivity contribution in [2.45, 2.75) is 25.8 Å². The second-order valence-corrected chi connectivity index (χ2v) is 7.41. The van der Waals surface area contributed by atoms with Crippen molar-refractivity contribution in [1.82, 2.24) is 19.4 Å². The minimum atomic E-state index is -0.501. The highest BCUT2D eigenvalue weighted by Gasteiger charge is 2.15. The minimum absolute atomic E-state index is 0. The first-order chi connectivity index (χ1) is 13.7. The zero-order valence-electron chi connectivity index (χ0n) is 17.8. The SMILES string of the molecule is CC(C)c1ccc(C(N)CNC(=O)c2ccc3c(=O)n(C)c(=O)n(C)c3n2)cc1.Cl.Cl. The van der Waals surface area contributed by atoms with E-state index < -0.39 is 17.2 Å². The van der Waals surface area contributed by atoms with Gasteiger partial charge in [0.15, 0.2) is 0 Å². The van der Waals surface area contributed by atoms with Gasteiger partial charge in [0, 0.05) is 26.7 Å². The number of nitrogens with one attached hydrogen (secondary N) is 1. The fraction of sp³-hybridized carbons (Fsp3) is 0.333. The van der Waals surface area contributed by atoms with Gasteiger partial charge in [-0.15, -0.1) is 24.8 Å². The van der Waals surface area contributed by atoms with Gasteiger partial charge in [0.05, 0.1) is 5.39 Å². The highest BCUT2D eigenvalue weighted by Crippen LogP contribution is 2.17. The van der Waals surface area contributed by atoms with Gasteiger partial charge >= 0.3 is 5.69 Å². The largest absolute Gasteiger partial charge is 0.349 e. The Morgan fingerprint density at radius 3 is 2.16 bits per heavy atom. The fourth-order valence-corrected chi connectivity index (χ4v) is 3.12. The monoisotopic (exact) mass is 467 g/mol. The highest BCUT2D eigenvalue weighted by atomic mass is 35.5. The van der Waals surface area contributed by atoms with Gasteiger partial charge in [-0.25, -0.2) is 9.78 Å². The lowest BCUT2D eigenvalue weighted by molar-refractivity contribution is 0.0946. The van der Waals surface area contributed by atoms with Crippen LogP contribution in [0.4, 0.5) is 0 Å². The number of carbonyl (C=O) groups is 1. The number of carbonyl (C=O) groups excluding carboxylic acids is 1. The lowest BCUT2D eigenvalue weighted by Crippen LogP contribution is -2.38. The molecule has 0 fully saturated rings. The zero-order chi connectivity index (χ0) is 21.3. The number of hydrogen-bond donors (Lipinski definition) is 2. The fourth-order valence-electron chi connectivity index (χ4n) is 3.12. The van der Waals surface area contributed by atoms with Crippen molar-refractivity contribution < 1.29 is 4.79 Å². The summed E-state index contributed by atoms with van der Waals surface area (Å²) in [5, 5.41) is 3.03. The topological polar surface area (TPSA) is 112 Å². The zero-order valence-corrected chi connectivity index (χ0v) is 19.4. The molecule has 3 rings (SSSR count). The number of aromatic nitrogens is 3. The van der Waals surface area contributed by atoms with Crippen molar-refractivity contribution in [3.8, 4) is 0 Å². The smallest absolute Gasteiger partial charge is 0.332 e. The van der Waals surface area contributed by atoms with E-state index in [9.17, 15) is 14.4 Å². The first-order valence-corrected chi connectivity index (χ1v) is 9.41. The van der Waals surface area contributed by atoms with Crippen LogP contribution in [0.2, 0.25) is 0 Å². The molecular formula is C21H27Cl2N5O3. The number of nitrogens with zero attached hydrogens (tertiary/aromatic N) is 3. The Morgan fingerprint density at radius 2 is 1.58 bits per heavy atom. The normalized spacial score (nSPS) is 11.5. The van der Waals surface area contributed by atoms with Crippen LogP contribution in [0.25, 0.3) is 11.0 Å². The summed E-state index contributed by atoms with van der Waals surface area (Å²) in [4.78, 5) is 41.0. The molecule has 10 heteroatoms. The molecular weight excluding hydrogens is 441 g/mol. The van der Waals surface area contributed by atoms with Crippen LogP contribution in [0, 0.1) is 0 Å². The second-order valence-electron chi connectivity index (χ2n) is 7.41. The van der Waals surface area contributed by atoms with Gasteiger partial charge in [-0.05, 0) is 29.2 Å². The molecule has 0 aliphatic rings. The molecule has 3 aromatic rings. The van der Waals surface area contributed by atoms with Gasteiger partial charge in [-0.1, -0.05) is 38.1 Å². The van der Waals surface area contributed by atoms with E-state index in [1.807, 2.05) is 24.3 Å². The Balaban J connectivity index is 0.00000240. The maximum Gasteiger partial charge on any atom is 0.332 e. The Bertz CT molecular complexity index is 1190. The molecule has 2 aromatic heterocycles. The van der Waals surface area contributed by atoms with Gasteiger partial charge in [-0.2, -0.15) is 0 Å². The average molecular weight is 468 g/mol. The molecule has 168 valence electrons. The first-order valence-electron chi connectivity index (χ1n) is 9.41. The van der Waals surface area contributed by atoms with Crippen LogP contribution in [-0.4, -0.2) is 26.6 Å². The molecule has 1 amide bonds. The molecule has 0 radical (unpaired) electrons. The molecule has 0 saturated carbocycles. The molecule has 3 N–H and O–H groups in total. The van der Waals surface area contributed by atoms with Gasteiger partial charge in [0.1, 0.15) is 11.3 Å². The predicted molar refractivity (Wildman–Crippen MR) is 127 cm³/mol. The maximum absolute atomic E-state index is 12.5. The lowest BCUT2D eigenvalue weighted by atomic mass is 9.99. The summed E-state index contributed by atoms with van der Waals surface area (Å²) in [5.41, 5.74) is 7.67. The summed E-state index contributed by atoms with van der Waals surface area (Å²) in [6.07, 6.45) is 0. The number of fused-ring (bicyclic) bond motifs is 1. The number of halogens is 2. The van der Waals surface area contributed by atoms with Crippen LogP contribution in [0.5, 0.6) is 0 Å². The molecule has 1 atom stereocenters. The van der Waals surface area contributed by atoms with E-state index in [4.69, 9.17) is 5.73 Å². The summed E-state index contributed by atoms with van der Waals surface area (Å²) >= 11 is 0.